The van der Waals surface area contributed by atoms with Crippen LogP contribution in [0.2, 0.25) is 0 Å². The number of hydrogen-bond donors (Lipinski definition) is 10. The SMILES string of the molecule is CCCCCC(=O)N[C@H]1CSCc2cccc(c2)CSC[C@@H](C(=O)N[C@@H](CC(=O)O)C(N)=O)NC(=O)[C@H](Cc2ccccc2)NC(=O)[C@H](CCC(=O)O)NC(=O)[C@H]([C@@H](C)O)NC(=O)[C@@H]2CCCN2C(=O)[C@@H]2CCCN2C1=O. The van der Waals surface area contributed by atoms with E-state index >= 15 is 0 Å². The lowest BCUT2D eigenvalue weighted by Gasteiger charge is -2.33. The number of aliphatic hydroxyl groups is 1. The zero-order valence-corrected chi connectivity index (χ0v) is 44.9. The summed E-state index contributed by atoms with van der Waals surface area (Å²) in [5.41, 5.74) is 7.62. The number of carbonyl (C=O) groups excluding carboxylic acids is 9. The Bertz CT molecular complexity index is 2450. The van der Waals surface area contributed by atoms with Crippen molar-refractivity contribution in [3.05, 3.63) is 71.3 Å². The highest BCUT2D eigenvalue weighted by molar-refractivity contribution is 7.98. The van der Waals surface area contributed by atoms with E-state index in [9.17, 15) is 68.1 Å². The van der Waals surface area contributed by atoms with Crippen LogP contribution in [0.25, 0.3) is 0 Å². The van der Waals surface area contributed by atoms with E-state index in [-0.39, 0.29) is 55.5 Å². The summed E-state index contributed by atoms with van der Waals surface area (Å²) in [5, 5.41) is 45.4. The molecule has 0 unspecified atom stereocenters. The number of unbranched alkanes of at least 4 members (excludes halogenated alkanes) is 2. The number of rotatable bonds is 16. The van der Waals surface area contributed by atoms with Gasteiger partial charge in [-0.1, -0.05) is 74.4 Å². The number of carboxylic acids is 2. The third-order valence-electron chi connectivity index (χ3n) is 13.3. The number of carboxylic acid groups (broad SMARTS) is 2. The fourth-order valence-electron chi connectivity index (χ4n) is 9.27. The maximum absolute atomic E-state index is 14.5. The normalized spacial score (nSPS) is 24.3. The molecule has 23 nitrogen and oxygen atoms in total. The van der Waals surface area contributed by atoms with Crippen molar-refractivity contribution >= 4 is 88.6 Å². The Hall–Kier alpha value is -6.73. The Morgan fingerprint density at radius 2 is 1.35 bits per heavy atom. The number of amides is 9. The van der Waals surface area contributed by atoms with Crippen molar-refractivity contribution < 1.29 is 68.1 Å². The van der Waals surface area contributed by atoms with Crippen LogP contribution in [0.3, 0.4) is 0 Å². The number of aliphatic carboxylic acids is 2. The summed E-state index contributed by atoms with van der Waals surface area (Å²) in [5.74, 6) is -9.43. The van der Waals surface area contributed by atoms with Crippen molar-refractivity contribution in [1.29, 1.82) is 0 Å². The summed E-state index contributed by atoms with van der Waals surface area (Å²) >= 11 is 2.58. The van der Waals surface area contributed by atoms with E-state index in [1.165, 1.54) is 40.2 Å². The van der Waals surface area contributed by atoms with Crippen LogP contribution < -0.4 is 37.6 Å². The highest BCUT2D eigenvalue weighted by Gasteiger charge is 2.45. The molecule has 9 atom stereocenters. The number of hydrogen-bond acceptors (Lipinski definition) is 14. The maximum atomic E-state index is 14.5. The summed E-state index contributed by atoms with van der Waals surface area (Å²) in [4.78, 5) is 152. The van der Waals surface area contributed by atoms with Gasteiger partial charge in [0, 0.05) is 55.4 Å². The molecule has 0 spiro atoms. The molecule has 9 amide bonds. The Morgan fingerprint density at radius 3 is 1.97 bits per heavy atom. The van der Waals surface area contributed by atoms with Gasteiger partial charge in [0.1, 0.15) is 48.3 Å². The molecule has 0 aliphatic carbocycles. The van der Waals surface area contributed by atoms with Gasteiger partial charge in [0.15, 0.2) is 0 Å². The first-order valence-corrected chi connectivity index (χ1v) is 28.2. The van der Waals surface area contributed by atoms with Crippen LogP contribution >= 0.6 is 23.5 Å². The second-order valence-electron chi connectivity index (χ2n) is 19.4. The quantitative estimate of drug-likeness (QED) is 0.0996. The molecule has 25 heteroatoms. The fourth-order valence-corrected chi connectivity index (χ4v) is 11.3. The number of benzene rings is 2. The maximum Gasteiger partial charge on any atom is 0.305 e. The minimum absolute atomic E-state index is 0.144. The van der Waals surface area contributed by atoms with Crippen molar-refractivity contribution in [2.24, 2.45) is 5.73 Å². The van der Waals surface area contributed by atoms with Gasteiger partial charge in [-0.2, -0.15) is 23.5 Å². The zero-order chi connectivity index (χ0) is 56.2. The highest BCUT2D eigenvalue weighted by atomic mass is 32.2. The predicted molar refractivity (Wildman–Crippen MR) is 284 cm³/mol. The van der Waals surface area contributed by atoms with Gasteiger partial charge in [-0.15, -0.1) is 0 Å². The highest BCUT2D eigenvalue weighted by Crippen LogP contribution is 2.27. The molecular weight excluding hydrogens is 1040 g/mol. The lowest BCUT2D eigenvalue weighted by Crippen LogP contribution is -2.62. The molecule has 3 heterocycles. The lowest BCUT2D eigenvalue weighted by molar-refractivity contribution is -0.148. The molecule has 0 saturated carbocycles. The van der Waals surface area contributed by atoms with Gasteiger partial charge in [-0.3, -0.25) is 52.7 Å². The topological polar surface area (TPSA) is 353 Å². The molecule has 3 aliphatic rings. The number of aliphatic hydroxyl groups excluding tert-OH is 1. The first-order chi connectivity index (χ1) is 36.8. The number of thioether (sulfide) groups is 2. The van der Waals surface area contributed by atoms with Crippen molar-refractivity contribution in [1.82, 2.24) is 41.7 Å². The molecule has 0 aromatic heterocycles. The Kier molecular flexibility index (Phi) is 24.0. The first-order valence-electron chi connectivity index (χ1n) is 25.9. The average Bonchev–Trinajstić information content (AvgIpc) is 4.10. The number of carbonyl (C=O) groups is 11. The molecule has 2 bridgehead atoms. The number of primary amides is 1. The molecule has 2 saturated heterocycles. The van der Waals surface area contributed by atoms with Crippen LogP contribution in [-0.4, -0.2) is 169 Å². The number of nitrogens with zero attached hydrogens (tertiary/aromatic N) is 2. The summed E-state index contributed by atoms with van der Waals surface area (Å²) in [7, 11) is 0. The van der Waals surface area contributed by atoms with Gasteiger partial charge in [-0.25, -0.2) is 0 Å². The fraction of sp³-hybridized carbons (Fsp3) is 0.558. The summed E-state index contributed by atoms with van der Waals surface area (Å²) in [6.07, 6.45) is -0.0186. The molecule has 5 rings (SSSR count). The largest absolute Gasteiger partial charge is 0.481 e. The van der Waals surface area contributed by atoms with E-state index in [4.69, 9.17) is 5.73 Å². The van der Waals surface area contributed by atoms with E-state index in [1.54, 1.807) is 30.3 Å². The van der Waals surface area contributed by atoms with Gasteiger partial charge in [0.05, 0.1) is 12.5 Å². The van der Waals surface area contributed by atoms with Crippen LogP contribution in [0.1, 0.15) is 101 Å². The summed E-state index contributed by atoms with van der Waals surface area (Å²) in [6.45, 7) is 3.57. The van der Waals surface area contributed by atoms with Crippen LogP contribution in [-0.2, 0) is 70.7 Å². The van der Waals surface area contributed by atoms with Crippen molar-refractivity contribution in [3.63, 3.8) is 0 Å². The second kappa shape index (κ2) is 30.3. The zero-order valence-electron chi connectivity index (χ0n) is 43.2. The van der Waals surface area contributed by atoms with Crippen molar-refractivity contribution in [2.45, 2.75) is 157 Å². The van der Waals surface area contributed by atoms with E-state index in [2.05, 4.69) is 31.9 Å². The molecule has 2 aromatic carbocycles. The molecule has 11 N–H and O–H groups in total. The minimum Gasteiger partial charge on any atom is -0.481 e. The van der Waals surface area contributed by atoms with Gasteiger partial charge < -0.3 is 62.8 Å². The Balaban J connectivity index is 1.53. The Labute approximate surface area is 455 Å². The number of nitrogens with one attached hydrogen (secondary N) is 6. The van der Waals surface area contributed by atoms with E-state index in [1.807, 2.05) is 31.2 Å². The van der Waals surface area contributed by atoms with Crippen LogP contribution in [0, 0.1) is 0 Å². The summed E-state index contributed by atoms with van der Waals surface area (Å²) in [6, 6.07) is 4.61. The van der Waals surface area contributed by atoms with Gasteiger partial charge in [0.2, 0.25) is 53.2 Å². The van der Waals surface area contributed by atoms with E-state index < -0.39 is 133 Å². The monoisotopic (exact) mass is 1110 g/mol. The lowest BCUT2D eigenvalue weighted by atomic mass is 10.0. The predicted octanol–water partition coefficient (Wildman–Crippen LogP) is 0.0860. The summed E-state index contributed by atoms with van der Waals surface area (Å²) < 4.78 is 0. The van der Waals surface area contributed by atoms with Crippen LogP contribution in [0.15, 0.2) is 54.6 Å². The third kappa shape index (κ3) is 18.8. The molecular formula is C52H71N9O14S2. The molecule has 420 valence electrons. The standard InChI is InChI=1S/C52H71N9O14S2/c1-3-4-6-18-41(63)54-38-29-77-27-33-15-9-14-32(23-33)26-76-28-37(48(71)56-35(45(53)68)25-43(66)67)58-47(70)36(24-31-12-7-5-8-13-31)57-46(69)34(19-20-42(64)65)55-50(73)44(30(2)62)59-49(72)39-16-10-21-60(39)52(75)40-17-11-22-61(40)51(38)74/h5,7-9,12-15,23,30,34-40,44,62H,3-4,6,10-11,16-22,24-29H2,1-2H3,(H2,53,68)(H,54,63)(H,55,73)(H,56,71)(H,57,69)(H,58,70)(H,59,72)(H,64,65)(H,66,67)/t30-,34+,35+,36+,37+,38+,39+,40+,44+/m1/s1. The van der Waals surface area contributed by atoms with Crippen molar-refractivity contribution in [2.75, 3.05) is 24.6 Å². The van der Waals surface area contributed by atoms with Gasteiger partial charge >= 0.3 is 11.9 Å². The molecule has 3 aliphatic heterocycles. The number of fused-ring (bicyclic) bond motifs is 4. The van der Waals surface area contributed by atoms with Crippen LogP contribution in [0.4, 0.5) is 0 Å². The first kappa shape index (κ1) is 61.1. The van der Waals surface area contributed by atoms with Crippen LogP contribution in [0.5, 0.6) is 0 Å². The molecule has 77 heavy (non-hydrogen) atoms. The second-order valence-corrected chi connectivity index (χ2v) is 21.5. The Morgan fingerprint density at radius 1 is 0.727 bits per heavy atom. The molecule has 2 fully saturated rings. The number of nitrogens with two attached hydrogens (primary N) is 1. The van der Waals surface area contributed by atoms with Crippen molar-refractivity contribution in [3.8, 4) is 0 Å². The smallest absolute Gasteiger partial charge is 0.305 e. The molecule has 0 radical (unpaired) electrons. The van der Waals surface area contributed by atoms with E-state index in [0.717, 1.165) is 24.0 Å². The minimum atomic E-state index is -1.75. The average molecular weight is 1110 g/mol. The van der Waals surface area contributed by atoms with Gasteiger partial charge in [-0.05, 0) is 62.1 Å². The molecule has 2 aromatic rings. The third-order valence-corrected chi connectivity index (χ3v) is 15.5. The van der Waals surface area contributed by atoms with E-state index in [0.29, 0.717) is 37.0 Å². The van der Waals surface area contributed by atoms with Gasteiger partial charge in [0.25, 0.3) is 0 Å².